The van der Waals surface area contributed by atoms with Crippen LogP contribution < -0.4 is 10.6 Å². The fourth-order valence-electron chi connectivity index (χ4n) is 2.13. The van der Waals surface area contributed by atoms with Gasteiger partial charge < -0.3 is 10.6 Å². The molecule has 0 aliphatic rings. The predicted molar refractivity (Wildman–Crippen MR) is 86.8 cm³/mol. The molecule has 0 amide bonds. The molecule has 0 saturated carbocycles. The topological polar surface area (TPSA) is 41.9 Å². The molecule has 112 valence electrons. The zero-order valence-electron chi connectivity index (χ0n) is 12.4. The number of aryl methyl sites for hydroxylation is 2. The molecule has 1 aromatic carbocycles. The maximum absolute atomic E-state index is 13.1. The van der Waals surface area contributed by atoms with Crippen molar-refractivity contribution in [1.29, 1.82) is 0 Å². The highest BCUT2D eigenvalue weighted by Gasteiger charge is 2.13. The van der Waals surface area contributed by atoms with Crippen LogP contribution in [0.3, 0.4) is 0 Å². The van der Waals surface area contributed by atoms with Crippen molar-refractivity contribution in [3.63, 3.8) is 0 Å². The lowest BCUT2D eigenvalue weighted by molar-refractivity contribution is 0.628. The average molecular weight is 306 g/mol. The normalized spacial score (nSPS) is 12.0. The molecule has 2 rings (SSSR count). The van der Waals surface area contributed by atoms with E-state index >= 15 is 0 Å². The van der Waals surface area contributed by atoms with E-state index in [1.165, 1.54) is 12.1 Å². The Morgan fingerprint density at radius 2 is 2.24 bits per heavy atom. The Kier molecular flexibility index (Phi) is 4.90. The summed E-state index contributed by atoms with van der Waals surface area (Å²) < 4.78 is 15.0. The first-order valence-corrected chi connectivity index (χ1v) is 7.27. The summed E-state index contributed by atoms with van der Waals surface area (Å²) in [5.74, 6) is -0.295. The minimum absolute atomic E-state index is 0.0267. The zero-order chi connectivity index (χ0) is 15.4. The Morgan fingerprint density at radius 1 is 1.48 bits per heavy atom. The van der Waals surface area contributed by atoms with E-state index in [-0.39, 0.29) is 11.9 Å². The number of thiocarbonyl (C=S) groups is 1. The molecule has 1 aromatic heterocycles. The molecule has 1 unspecified atom stereocenters. The van der Waals surface area contributed by atoms with Crippen molar-refractivity contribution in [2.75, 3.05) is 5.32 Å². The lowest BCUT2D eigenvalue weighted by Crippen LogP contribution is -2.31. The molecule has 1 heterocycles. The highest BCUT2D eigenvalue weighted by atomic mass is 32.1. The standard InChI is InChI=1S/C15H19FN4S/c1-4-20-9-14(11(3)19-20)10(2)17-15(21)18-13-7-5-6-12(16)8-13/h5-10H,4H2,1-3H3,(H2,17,18,21). The van der Waals surface area contributed by atoms with E-state index in [2.05, 4.69) is 15.7 Å². The van der Waals surface area contributed by atoms with E-state index in [0.717, 1.165) is 17.8 Å². The van der Waals surface area contributed by atoms with Gasteiger partial charge in [0.1, 0.15) is 5.82 Å². The summed E-state index contributed by atoms with van der Waals surface area (Å²) in [6.07, 6.45) is 2.01. The maximum Gasteiger partial charge on any atom is 0.171 e. The Morgan fingerprint density at radius 3 is 2.86 bits per heavy atom. The molecule has 0 radical (unpaired) electrons. The molecule has 6 heteroatoms. The average Bonchev–Trinajstić information content (AvgIpc) is 2.80. The lowest BCUT2D eigenvalue weighted by atomic mass is 10.1. The van der Waals surface area contributed by atoms with Crippen molar-refractivity contribution < 1.29 is 4.39 Å². The van der Waals surface area contributed by atoms with Crippen LogP contribution in [0.5, 0.6) is 0 Å². The summed E-state index contributed by atoms with van der Waals surface area (Å²) in [4.78, 5) is 0. The Bertz CT molecular complexity index is 638. The van der Waals surface area contributed by atoms with Crippen LogP contribution in [0.1, 0.15) is 31.1 Å². The van der Waals surface area contributed by atoms with Gasteiger partial charge in [0, 0.05) is 24.0 Å². The van der Waals surface area contributed by atoms with Crippen molar-refractivity contribution in [2.45, 2.75) is 33.4 Å². The molecule has 4 nitrogen and oxygen atoms in total. The fourth-order valence-corrected chi connectivity index (χ4v) is 2.42. The summed E-state index contributed by atoms with van der Waals surface area (Å²) in [6, 6.07) is 6.23. The second-order valence-electron chi connectivity index (χ2n) is 4.86. The molecule has 0 saturated heterocycles. The number of halogens is 1. The third-order valence-electron chi connectivity index (χ3n) is 3.20. The van der Waals surface area contributed by atoms with E-state index in [1.807, 2.05) is 31.6 Å². The smallest absolute Gasteiger partial charge is 0.171 e. The second kappa shape index (κ2) is 6.67. The molecule has 2 aromatic rings. The van der Waals surface area contributed by atoms with Crippen LogP contribution in [0.2, 0.25) is 0 Å². The monoisotopic (exact) mass is 306 g/mol. The summed E-state index contributed by atoms with van der Waals surface area (Å²) in [5, 5.41) is 11.0. The van der Waals surface area contributed by atoms with E-state index in [1.54, 1.807) is 12.1 Å². The number of nitrogens with zero attached hydrogens (tertiary/aromatic N) is 2. The minimum Gasteiger partial charge on any atom is -0.356 e. The van der Waals surface area contributed by atoms with Crippen molar-refractivity contribution in [3.05, 3.63) is 47.5 Å². The van der Waals surface area contributed by atoms with Gasteiger partial charge in [0.25, 0.3) is 0 Å². The van der Waals surface area contributed by atoms with Gasteiger partial charge in [0.15, 0.2) is 5.11 Å². The van der Waals surface area contributed by atoms with Crippen LogP contribution in [0.15, 0.2) is 30.5 Å². The Hall–Kier alpha value is -1.95. The van der Waals surface area contributed by atoms with Crippen LogP contribution in [-0.4, -0.2) is 14.9 Å². The van der Waals surface area contributed by atoms with Gasteiger partial charge in [0.2, 0.25) is 0 Å². The highest BCUT2D eigenvalue weighted by molar-refractivity contribution is 7.80. The van der Waals surface area contributed by atoms with Gasteiger partial charge in [0.05, 0.1) is 11.7 Å². The van der Waals surface area contributed by atoms with Crippen molar-refractivity contribution >= 4 is 23.0 Å². The number of hydrogen-bond donors (Lipinski definition) is 2. The first-order valence-electron chi connectivity index (χ1n) is 6.86. The van der Waals surface area contributed by atoms with Gasteiger partial charge in [-0.1, -0.05) is 6.07 Å². The summed E-state index contributed by atoms with van der Waals surface area (Å²) in [7, 11) is 0. The molecular weight excluding hydrogens is 287 g/mol. The Labute approximate surface area is 129 Å². The largest absolute Gasteiger partial charge is 0.356 e. The highest BCUT2D eigenvalue weighted by Crippen LogP contribution is 2.16. The van der Waals surface area contributed by atoms with E-state index in [9.17, 15) is 4.39 Å². The number of nitrogens with one attached hydrogen (secondary N) is 2. The van der Waals surface area contributed by atoms with Crippen molar-refractivity contribution in [1.82, 2.24) is 15.1 Å². The van der Waals surface area contributed by atoms with Gasteiger partial charge in [-0.3, -0.25) is 4.68 Å². The molecule has 2 N–H and O–H groups in total. The molecular formula is C15H19FN4S. The molecule has 0 aliphatic carbocycles. The molecule has 1 atom stereocenters. The quantitative estimate of drug-likeness (QED) is 0.850. The first kappa shape index (κ1) is 15.4. The number of benzene rings is 1. The van der Waals surface area contributed by atoms with E-state index in [0.29, 0.717) is 10.8 Å². The summed E-state index contributed by atoms with van der Waals surface area (Å²) in [6.45, 7) is 6.87. The van der Waals surface area contributed by atoms with Gasteiger partial charge in [-0.2, -0.15) is 5.10 Å². The molecule has 0 spiro atoms. The van der Waals surface area contributed by atoms with Crippen LogP contribution in [-0.2, 0) is 6.54 Å². The van der Waals surface area contributed by atoms with Crippen LogP contribution >= 0.6 is 12.2 Å². The second-order valence-corrected chi connectivity index (χ2v) is 5.26. The summed E-state index contributed by atoms with van der Waals surface area (Å²) >= 11 is 5.26. The SMILES string of the molecule is CCn1cc(C(C)NC(=S)Nc2cccc(F)c2)c(C)n1. The van der Waals surface area contributed by atoms with Crippen LogP contribution in [0, 0.1) is 12.7 Å². The fraction of sp³-hybridized carbons (Fsp3) is 0.333. The summed E-state index contributed by atoms with van der Waals surface area (Å²) in [5.41, 5.74) is 2.70. The predicted octanol–water partition coefficient (Wildman–Crippen LogP) is 3.40. The molecule has 0 aliphatic heterocycles. The van der Waals surface area contributed by atoms with Gasteiger partial charge >= 0.3 is 0 Å². The van der Waals surface area contributed by atoms with Gasteiger partial charge in [-0.15, -0.1) is 0 Å². The van der Waals surface area contributed by atoms with Crippen LogP contribution in [0.25, 0.3) is 0 Å². The first-order chi connectivity index (χ1) is 9.99. The minimum atomic E-state index is -0.295. The van der Waals surface area contributed by atoms with Crippen molar-refractivity contribution in [2.24, 2.45) is 0 Å². The van der Waals surface area contributed by atoms with Gasteiger partial charge in [-0.05, 0) is 51.2 Å². The van der Waals surface area contributed by atoms with E-state index < -0.39 is 0 Å². The number of anilines is 1. The van der Waals surface area contributed by atoms with Gasteiger partial charge in [-0.25, -0.2) is 4.39 Å². The number of aromatic nitrogens is 2. The Balaban J connectivity index is 2.00. The molecule has 0 fully saturated rings. The third-order valence-corrected chi connectivity index (χ3v) is 3.42. The number of hydrogen-bond acceptors (Lipinski definition) is 2. The van der Waals surface area contributed by atoms with Crippen LogP contribution in [0.4, 0.5) is 10.1 Å². The molecule has 0 bridgehead atoms. The van der Waals surface area contributed by atoms with Crippen molar-refractivity contribution in [3.8, 4) is 0 Å². The zero-order valence-corrected chi connectivity index (χ0v) is 13.2. The van der Waals surface area contributed by atoms with E-state index in [4.69, 9.17) is 12.2 Å². The lowest BCUT2D eigenvalue weighted by Gasteiger charge is -2.16. The molecule has 21 heavy (non-hydrogen) atoms. The third kappa shape index (κ3) is 4.01. The number of rotatable bonds is 4. The maximum atomic E-state index is 13.1.